The van der Waals surface area contributed by atoms with Gasteiger partial charge in [0.1, 0.15) is 31.0 Å². The number of nitriles is 1. The maximum absolute atomic E-state index is 14.7. The number of aryl methyl sites for hydroxylation is 1. The van der Waals surface area contributed by atoms with Gasteiger partial charge in [0.05, 0.1) is 34.5 Å². The Morgan fingerprint density at radius 1 is 0.924 bits per heavy atom. The Morgan fingerprint density at radius 2 is 1.61 bits per heavy atom. The fourth-order valence-corrected chi connectivity index (χ4v) is 11.1. The van der Waals surface area contributed by atoms with E-state index in [1.807, 2.05) is 66.7 Å². The minimum atomic E-state index is -4.46. The molecule has 3 atom stereocenters. The summed E-state index contributed by atoms with van der Waals surface area (Å²) < 4.78 is 54.1. The summed E-state index contributed by atoms with van der Waals surface area (Å²) in [5.74, 6) is -0.422. The number of sulfonamides is 1. The van der Waals surface area contributed by atoms with Crippen molar-refractivity contribution in [3.05, 3.63) is 152 Å². The molecule has 66 heavy (non-hydrogen) atoms. The third-order valence-electron chi connectivity index (χ3n) is 11.1. The highest BCUT2D eigenvalue weighted by atomic mass is 35.5. The molecule has 14 nitrogen and oxygen atoms in total. The van der Waals surface area contributed by atoms with Crippen LogP contribution in [0, 0.1) is 18.3 Å². The maximum atomic E-state index is 14.7. The van der Waals surface area contributed by atoms with E-state index in [0.717, 1.165) is 37.9 Å². The van der Waals surface area contributed by atoms with Crippen LogP contribution < -0.4 is 24.8 Å². The number of carbonyl (C=O) groups is 3. The van der Waals surface area contributed by atoms with E-state index in [1.54, 1.807) is 36.4 Å². The number of thiazole rings is 1. The van der Waals surface area contributed by atoms with Crippen LogP contribution in [0.2, 0.25) is 10.0 Å². The number of ether oxygens (including phenoxy) is 4. The molecule has 0 spiro atoms. The number of benzene rings is 5. The highest BCUT2D eigenvalue weighted by molar-refractivity contribution is 7.91. The smallest absolute Gasteiger partial charge is 0.328 e. The average Bonchev–Trinajstić information content (AvgIpc) is 3.70. The molecule has 0 aliphatic carbocycles. The third-order valence-corrected chi connectivity index (χ3v) is 15.3. The van der Waals surface area contributed by atoms with Gasteiger partial charge in [-0.05, 0) is 101 Å². The fraction of sp³-hybridized carbons (Fsp3) is 0.229. The molecule has 0 saturated heterocycles. The second-order valence-corrected chi connectivity index (χ2v) is 19.5. The van der Waals surface area contributed by atoms with Gasteiger partial charge in [-0.15, -0.1) is 0 Å². The molecule has 0 radical (unpaired) electrons. The second-order valence-electron chi connectivity index (χ2n) is 15.6. The van der Waals surface area contributed by atoms with E-state index in [1.165, 1.54) is 21.0 Å². The predicted octanol–water partition coefficient (Wildman–Crippen LogP) is 8.36. The van der Waals surface area contributed by atoms with Gasteiger partial charge in [-0.1, -0.05) is 89.1 Å². The first kappa shape index (κ1) is 46.1. The van der Waals surface area contributed by atoms with Gasteiger partial charge >= 0.3 is 5.97 Å². The Labute approximate surface area is 395 Å². The first-order chi connectivity index (χ1) is 31.7. The normalized spacial score (nSPS) is 16.0. The number of carbonyl (C=O) groups excluding carboxylic acids is 3. The molecule has 5 aromatic carbocycles. The molecule has 338 valence electrons. The van der Waals surface area contributed by atoms with Crippen LogP contribution in [0.1, 0.15) is 52.1 Å². The van der Waals surface area contributed by atoms with Gasteiger partial charge in [-0.2, -0.15) is 9.57 Å². The molecule has 0 saturated carbocycles. The first-order valence-corrected chi connectivity index (χ1v) is 23.6. The quantitative estimate of drug-likeness (QED) is 0.106. The van der Waals surface area contributed by atoms with Gasteiger partial charge in [0, 0.05) is 19.9 Å². The summed E-state index contributed by atoms with van der Waals surface area (Å²) in [5.41, 5.74) is 6.07. The van der Waals surface area contributed by atoms with Crippen LogP contribution in [0.3, 0.4) is 0 Å². The lowest BCUT2D eigenvalue weighted by molar-refractivity contribution is -0.145. The number of methoxy groups -OCH3 is 1. The van der Waals surface area contributed by atoms with Crippen LogP contribution in [0.4, 0.5) is 5.13 Å². The predicted molar refractivity (Wildman–Crippen MR) is 248 cm³/mol. The van der Waals surface area contributed by atoms with E-state index in [2.05, 4.69) is 21.7 Å². The lowest BCUT2D eigenvalue weighted by Gasteiger charge is -2.36. The topological polar surface area (TPSA) is 186 Å². The molecule has 0 bridgehead atoms. The fourth-order valence-electron chi connectivity index (χ4n) is 7.68. The number of halogens is 2. The summed E-state index contributed by atoms with van der Waals surface area (Å²) in [5, 5.41) is 15.5. The van der Waals surface area contributed by atoms with Crippen LogP contribution in [-0.4, -0.2) is 61.3 Å². The van der Waals surface area contributed by atoms with Gasteiger partial charge < -0.3 is 29.6 Å². The van der Waals surface area contributed by atoms with Gasteiger partial charge in [0.25, 0.3) is 10.0 Å². The van der Waals surface area contributed by atoms with Crippen molar-refractivity contribution >= 4 is 67.5 Å². The lowest BCUT2D eigenvalue weighted by Crippen LogP contribution is -2.56. The molecule has 18 heteroatoms. The number of hydrogen-bond donors (Lipinski definition) is 2. The largest absolute Gasteiger partial charge is 0.489 e. The summed E-state index contributed by atoms with van der Waals surface area (Å²) in [4.78, 5) is 43.9. The van der Waals surface area contributed by atoms with Gasteiger partial charge in [0.15, 0.2) is 26.9 Å². The van der Waals surface area contributed by atoms with Crippen molar-refractivity contribution in [1.29, 1.82) is 5.26 Å². The molecular weight excluding hydrogens is 926 g/mol. The Hall–Kier alpha value is -6.48. The van der Waals surface area contributed by atoms with E-state index in [9.17, 15) is 22.8 Å². The van der Waals surface area contributed by atoms with Crippen molar-refractivity contribution in [2.45, 2.75) is 62.2 Å². The minimum absolute atomic E-state index is 0.0461. The molecule has 2 N–H and O–H groups in total. The molecule has 3 heterocycles. The number of amides is 2. The number of nitrogens with one attached hydrogen (secondary N) is 2. The van der Waals surface area contributed by atoms with Gasteiger partial charge in [-0.25, -0.2) is 18.2 Å². The first-order valence-electron chi connectivity index (χ1n) is 20.6. The van der Waals surface area contributed by atoms with Gasteiger partial charge in [0.2, 0.25) is 11.8 Å². The van der Waals surface area contributed by atoms with Crippen LogP contribution in [0.25, 0.3) is 11.1 Å². The SMILES string of the molecule is COC(=O)[C@@H](Cc1ccc(-c2ccc(C#N)cc2)cc1)NC(=O)C1Cc2cc3c(cc2CN1S(=O)(=O)c1sc(NC(C)=O)nc1C)O[C@@H](c1ccc(OCc2ccc(Cl)c(Cl)c2)cc1)CO3. The monoisotopic (exact) mass is 965 g/mol. The number of fused-ring (bicyclic) bond motifs is 2. The Morgan fingerprint density at radius 3 is 2.27 bits per heavy atom. The molecule has 6 aromatic rings. The van der Waals surface area contributed by atoms with E-state index < -0.39 is 46.0 Å². The summed E-state index contributed by atoms with van der Waals surface area (Å²) in [6.45, 7) is 3.02. The zero-order valence-corrected chi connectivity index (χ0v) is 38.8. The molecule has 1 aromatic heterocycles. The zero-order chi connectivity index (χ0) is 46.7. The van der Waals surface area contributed by atoms with Crippen molar-refractivity contribution in [1.82, 2.24) is 14.6 Å². The number of rotatable bonds is 13. The van der Waals surface area contributed by atoms with Crippen LogP contribution in [-0.2, 0) is 55.1 Å². The zero-order valence-electron chi connectivity index (χ0n) is 35.7. The molecule has 2 aliphatic heterocycles. The highest BCUT2D eigenvalue weighted by Gasteiger charge is 2.43. The molecule has 0 fully saturated rings. The number of aromatic nitrogens is 1. The number of nitrogens with zero attached hydrogens (tertiary/aromatic N) is 3. The van der Waals surface area contributed by atoms with E-state index in [0.29, 0.717) is 49.5 Å². The van der Waals surface area contributed by atoms with Crippen molar-refractivity contribution in [3.63, 3.8) is 0 Å². The van der Waals surface area contributed by atoms with Crippen molar-refractivity contribution in [3.8, 4) is 34.4 Å². The molecule has 8 rings (SSSR count). The Balaban J connectivity index is 1.04. The standard InChI is InChI=1S/C48H41Cl2N5O9S2/c1-27-47(65-48(52-27)53-28(2)56)66(59,60)55-24-36-22-43-42(63-26-44(64-43)34-13-15-37(16-14-34)62-25-31-8-17-38(49)39(50)18-31)21-35(36)20-41(55)45(57)54-40(46(58)61-3)19-29-4-9-32(10-5-29)33-11-6-30(23-51)7-12-33/h4-18,21-22,40-41,44H,19-20,24-26H2,1-3H3,(H,54,57)(H,52,53,56)/t40-,41?,44-/m1/s1. The second kappa shape index (κ2) is 19.5. The molecular formula is C48H41Cl2N5O9S2. The summed E-state index contributed by atoms with van der Waals surface area (Å²) >= 11 is 13.0. The van der Waals surface area contributed by atoms with Gasteiger partial charge in [-0.3, -0.25) is 9.59 Å². The van der Waals surface area contributed by atoms with Crippen LogP contribution >= 0.6 is 34.5 Å². The van der Waals surface area contributed by atoms with Crippen molar-refractivity contribution < 1.29 is 41.7 Å². The maximum Gasteiger partial charge on any atom is 0.328 e. The number of esters is 1. The molecule has 2 aliphatic rings. The minimum Gasteiger partial charge on any atom is -0.489 e. The summed E-state index contributed by atoms with van der Waals surface area (Å²) in [6.07, 6.45) is -0.533. The summed E-state index contributed by atoms with van der Waals surface area (Å²) in [6, 6.07) is 30.3. The van der Waals surface area contributed by atoms with E-state index in [-0.39, 0.29) is 47.6 Å². The van der Waals surface area contributed by atoms with E-state index >= 15 is 0 Å². The Kier molecular flexibility index (Phi) is 13.6. The van der Waals surface area contributed by atoms with Crippen molar-refractivity contribution in [2.75, 3.05) is 19.0 Å². The van der Waals surface area contributed by atoms with Crippen LogP contribution in [0.15, 0.2) is 107 Å². The summed E-state index contributed by atoms with van der Waals surface area (Å²) in [7, 11) is -3.25. The number of anilines is 1. The lowest BCUT2D eigenvalue weighted by atomic mass is 9.93. The Bertz CT molecular complexity index is 2980. The molecule has 1 unspecified atom stereocenters. The third kappa shape index (κ3) is 10.2. The average molecular weight is 967 g/mol. The molecule has 2 amide bonds. The van der Waals surface area contributed by atoms with Crippen molar-refractivity contribution in [2.24, 2.45) is 0 Å². The number of hydrogen-bond acceptors (Lipinski definition) is 12. The van der Waals surface area contributed by atoms with Crippen LogP contribution in [0.5, 0.6) is 17.2 Å². The highest BCUT2D eigenvalue weighted by Crippen LogP contribution is 2.42. The van der Waals surface area contributed by atoms with E-state index in [4.69, 9.17) is 47.4 Å².